The van der Waals surface area contributed by atoms with E-state index in [1.54, 1.807) is 31.4 Å². The minimum Gasteiger partial charge on any atom is -0.481 e. The van der Waals surface area contributed by atoms with Crippen LogP contribution in [0.3, 0.4) is 0 Å². The molecule has 1 unspecified atom stereocenters. The number of hydrogen-bond donors (Lipinski definition) is 2. The van der Waals surface area contributed by atoms with Crippen molar-refractivity contribution in [3.05, 3.63) is 29.3 Å². The maximum atomic E-state index is 12.1. The van der Waals surface area contributed by atoms with Gasteiger partial charge in [0, 0.05) is 13.6 Å². The largest absolute Gasteiger partial charge is 0.481 e. The molecule has 6 nitrogen and oxygen atoms in total. The van der Waals surface area contributed by atoms with E-state index in [4.69, 9.17) is 5.11 Å². The van der Waals surface area contributed by atoms with Crippen molar-refractivity contribution >= 4 is 23.2 Å². The van der Waals surface area contributed by atoms with Crippen LogP contribution in [0.2, 0.25) is 0 Å². The van der Waals surface area contributed by atoms with Crippen molar-refractivity contribution < 1.29 is 14.7 Å². The van der Waals surface area contributed by atoms with Gasteiger partial charge in [-0.25, -0.2) is 0 Å². The Labute approximate surface area is 120 Å². The van der Waals surface area contributed by atoms with Gasteiger partial charge >= 0.3 is 5.97 Å². The lowest BCUT2D eigenvalue weighted by molar-refractivity contribution is -0.141. The van der Waals surface area contributed by atoms with Gasteiger partial charge in [-0.05, 0) is 17.5 Å². The van der Waals surface area contributed by atoms with E-state index in [9.17, 15) is 9.59 Å². The predicted molar refractivity (Wildman–Crippen MR) is 75.7 cm³/mol. The fourth-order valence-corrected chi connectivity index (χ4v) is 2.45. The molecule has 0 saturated carbocycles. The van der Waals surface area contributed by atoms with Crippen molar-refractivity contribution in [3.8, 4) is 10.6 Å². The molecule has 0 saturated heterocycles. The van der Waals surface area contributed by atoms with Gasteiger partial charge in [-0.1, -0.05) is 13.0 Å². The van der Waals surface area contributed by atoms with E-state index in [0.29, 0.717) is 0 Å². The second-order valence-electron chi connectivity index (χ2n) is 4.57. The Hall–Kier alpha value is -2.15. The summed E-state index contributed by atoms with van der Waals surface area (Å²) in [7, 11) is 1.57. The summed E-state index contributed by atoms with van der Waals surface area (Å²) in [5.41, 5.74) is 1.07. The first-order chi connectivity index (χ1) is 9.49. The quantitative estimate of drug-likeness (QED) is 0.882. The molecule has 2 aromatic rings. The fraction of sp³-hybridized carbons (Fsp3) is 0.308. The molecule has 1 amide bonds. The maximum Gasteiger partial charge on any atom is 0.308 e. The van der Waals surface area contributed by atoms with Crippen molar-refractivity contribution in [1.82, 2.24) is 15.1 Å². The van der Waals surface area contributed by atoms with Crippen LogP contribution in [0.4, 0.5) is 0 Å². The lowest BCUT2D eigenvalue weighted by Crippen LogP contribution is -2.33. The monoisotopic (exact) mass is 293 g/mol. The van der Waals surface area contributed by atoms with Gasteiger partial charge in [-0.2, -0.15) is 5.10 Å². The van der Waals surface area contributed by atoms with Crippen LogP contribution >= 0.6 is 11.3 Å². The van der Waals surface area contributed by atoms with Gasteiger partial charge in [-0.15, -0.1) is 11.3 Å². The third-order valence-electron chi connectivity index (χ3n) is 2.90. The van der Waals surface area contributed by atoms with Gasteiger partial charge in [0.15, 0.2) is 5.69 Å². The Bertz CT molecular complexity index is 606. The minimum absolute atomic E-state index is 0.148. The zero-order valence-electron chi connectivity index (χ0n) is 11.2. The number of aromatic amines is 1. The topological polar surface area (TPSA) is 86.3 Å². The number of hydrogen-bond acceptors (Lipinski definition) is 4. The van der Waals surface area contributed by atoms with Gasteiger partial charge < -0.3 is 10.0 Å². The van der Waals surface area contributed by atoms with E-state index in [1.807, 2.05) is 17.5 Å². The van der Waals surface area contributed by atoms with Crippen LogP contribution in [0.5, 0.6) is 0 Å². The summed E-state index contributed by atoms with van der Waals surface area (Å²) in [4.78, 5) is 25.3. The Kier molecular flexibility index (Phi) is 4.19. The minimum atomic E-state index is -0.925. The molecule has 2 rings (SSSR count). The highest BCUT2D eigenvalue weighted by atomic mass is 32.1. The number of aliphatic carboxylic acids is 1. The number of carbonyl (C=O) groups excluding carboxylic acids is 1. The molecule has 0 aliphatic heterocycles. The summed E-state index contributed by atoms with van der Waals surface area (Å²) in [6, 6.07) is 5.53. The van der Waals surface area contributed by atoms with E-state index in [0.717, 1.165) is 10.6 Å². The van der Waals surface area contributed by atoms with Gasteiger partial charge in [-0.3, -0.25) is 14.7 Å². The van der Waals surface area contributed by atoms with Crippen LogP contribution in [-0.2, 0) is 4.79 Å². The summed E-state index contributed by atoms with van der Waals surface area (Å²) in [5.74, 6) is -1.83. The van der Waals surface area contributed by atoms with Crippen LogP contribution < -0.4 is 0 Å². The van der Waals surface area contributed by atoms with Crippen LogP contribution in [0, 0.1) is 5.92 Å². The highest BCUT2D eigenvalue weighted by Gasteiger charge is 2.20. The first-order valence-corrected chi connectivity index (χ1v) is 6.94. The number of aromatic nitrogens is 2. The molecule has 0 bridgehead atoms. The third-order valence-corrected chi connectivity index (χ3v) is 3.80. The molecular formula is C13H15N3O3S. The number of nitrogens with one attached hydrogen (secondary N) is 1. The van der Waals surface area contributed by atoms with Crippen molar-refractivity contribution in [1.29, 1.82) is 0 Å². The molecule has 0 fully saturated rings. The average Bonchev–Trinajstić information content (AvgIpc) is 3.07. The molecule has 0 radical (unpaired) electrons. The number of carboxylic acids is 1. The first kappa shape index (κ1) is 14.3. The third kappa shape index (κ3) is 3.05. The summed E-state index contributed by atoms with van der Waals surface area (Å²) >= 11 is 1.55. The van der Waals surface area contributed by atoms with E-state index in [1.165, 1.54) is 4.90 Å². The Morgan fingerprint density at radius 2 is 2.30 bits per heavy atom. The second kappa shape index (κ2) is 5.87. The lowest BCUT2D eigenvalue weighted by Gasteiger charge is -2.18. The van der Waals surface area contributed by atoms with E-state index in [2.05, 4.69) is 10.2 Å². The zero-order chi connectivity index (χ0) is 14.7. The molecule has 7 heteroatoms. The molecule has 2 aromatic heterocycles. The zero-order valence-corrected chi connectivity index (χ0v) is 12.0. The number of carboxylic acid groups (broad SMARTS) is 1. The van der Waals surface area contributed by atoms with Crippen molar-refractivity contribution in [2.45, 2.75) is 6.92 Å². The number of amides is 1. The van der Waals surface area contributed by atoms with E-state index >= 15 is 0 Å². The van der Waals surface area contributed by atoms with Crippen molar-refractivity contribution in [2.24, 2.45) is 5.92 Å². The lowest BCUT2D eigenvalue weighted by atomic mass is 10.1. The van der Waals surface area contributed by atoms with Gasteiger partial charge in [0.25, 0.3) is 5.91 Å². The van der Waals surface area contributed by atoms with E-state index in [-0.39, 0.29) is 18.1 Å². The Morgan fingerprint density at radius 3 is 2.90 bits per heavy atom. The molecule has 0 aliphatic rings. The normalized spacial score (nSPS) is 12.1. The molecule has 0 aliphatic carbocycles. The molecule has 20 heavy (non-hydrogen) atoms. The van der Waals surface area contributed by atoms with Crippen molar-refractivity contribution in [3.63, 3.8) is 0 Å². The first-order valence-electron chi connectivity index (χ1n) is 6.06. The molecule has 2 heterocycles. The Balaban J connectivity index is 2.08. The highest BCUT2D eigenvalue weighted by molar-refractivity contribution is 7.13. The molecule has 106 valence electrons. The number of nitrogens with zero attached hydrogens (tertiary/aromatic N) is 2. The Morgan fingerprint density at radius 1 is 1.55 bits per heavy atom. The van der Waals surface area contributed by atoms with Crippen LogP contribution in [0.15, 0.2) is 23.6 Å². The number of rotatable bonds is 5. The predicted octanol–water partition coefficient (Wildman–Crippen LogP) is 1.93. The highest BCUT2D eigenvalue weighted by Crippen LogP contribution is 2.23. The number of carbonyl (C=O) groups is 2. The van der Waals surface area contributed by atoms with Gasteiger partial charge in [0.05, 0.1) is 16.5 Å². The standard InChI is InChI=1S/C13H15N3O3S/c1-8(13(18)19)7-16(2)12(17)10-6-9(14-15-10)11-4-3-5-20-11/h3-6,8H,7H2,1-2H3,(H,14,15)(H,18,19). The summed E-state index contributed by atoms with van der Waals surface area (Å²) in [5, 5.41) is 17.6. The number of H-pyrrole nitrogens is 1. The van der Waals surface area contributed by atoms with Crippen LogP contribution in [0.1, 0.15) is 17.4 Å². The molecule has 1 atom stereocenters. The molecular weight excluding hydrogens is 278 g/mol. The van der Waals surface area contributed by atoms with E-state index < -0.39 is 11.9 Å². The molecule has 0 aromatic carbocycles. The smallest absolute Gasteiger partial charge is 0.308 e. The van der Waals surface area contributed by atoms with Gasteiger partial charge in [0.1, 0.15) is 0 Å². The summed E-state index contributed by atoms with van der Waals surface area (Å²) < 4.78 is 0. The molecule has 2 N–H and O–H groups in total. The second-order valence-corrected chi connectivity index (χ2v) is 5.52. The SMILES string of the molecule is CC(CN(C)C(=O)c1cc(-c2cccs2)[nH]n1)C(=O)O. The van der Waals surface area contributed by atoms with Crippen LogP contribution in [-0.4, -0.2) is 45.7 Å². The average molecular weight is 293 g/mol. The summed E-state index contributed by atoms with van der Waals surface area (Å²) in [6.45, 7) is 1.71. The van der Waals surface area contributed by atoms with Gasteiger partial charge in [0.2, 0.25) is 0 Å². The number of thiophene rings is 1. The maximum absolute atomic E-state index is 12.1. The molecule has 0 spiro atoms. The fourth-order valence-electron chi connectivity index (χ4n) is 1.76. The van der Waals surface area contributed by atoms with Crippen LogP contribution in [0.25, 0.3) is 10.6 Å². The van der Waals surface area contributed by atoms with Crippen molar-refractivity contribution in [2.75, 3.05) is 13.6 Å². The summed E-state index contributed by atoms with van der Waals surface area (Å²) in [6.07, 6.45) is 0.